The van der Waals surface area contributed by atoms with Crippen LogP contribution >= 0.6 is 0 Å². The van der Waals surface area contributed by atoms with Gasteiger partial charge in [0, 0.05) is 51.1 Å². The Hall–Kier alpha value is -2.37. The van der Waals surface area contributed by atoms with Crippen molar-refractivity contribution in [2.24, 2.45) is 5.92 Å². The molecule has 0 aromatic heterocycles. The first kappa shape index (κ1) is 21.3. The number of carbonyl (C=O) groups excluding carboxylic acids is 3. The number of carbonyl (C=O) groups is 3. The van der Waals surface area contributed by atoms with Crippen LogP contribution in [0.3, 0.4) is 0 Å². The number of benzene rings is 1. The van der Waals surface area contributed by atoms with Gasteiger partial charge >= 0.3 is 0 Å². The van der Waals surface area contributed by atoms with Crippen molar-refractivity contribution in [3.8, 4) is 0 Å². The van der Waals surface area contributed by atoms with Crippen LogP contribution in [0.15, 0.2) is 24.3 Å². The molecule has 6 nitrogen and oxygen atoms in total. The minimum absolute atomic E-state index is 0.0934. The maximum absolute atomic E-state index is 12.6. The second-order valence-corrected chi connectivity index (χ2v) is 8.33. The SMILES string of the molecule is Cc1ccc(C(=O)N2CCC(CCC(=O)NCCCN3CCCC3=O)CC2)cc1. The van der Waals surface area contributed by atoms with Crippen molar-refractivity contribution < 1.29 is 14.4 Å². The number of rotatable bonds is 8. The van der Waals surface area contributed by atoms with E-state index in [0.717, 1.165) is 69.4 Å². The van der Waals surface area contributed by atoms with Crippen molar-refractivity contribution in [3.05, 3.63) is 35.4 Å². The lowest BCUT2D eigenvalue weighted by atomic mass is 9.91. The molecule has 1 aromatic rings. The Morgan fingerprint density at radius 2 is 1.83 bits per heavy atom. The lowest BCUT2D eigenvalue weighted by Crippen LogP contribution is -2.38. The van der Waals surface area contributed by atoms with Crippen LogP contribution in [0.4, 0.5) is 0 Å². The zero-order chi connectivity index (χ0) is 20.6. The molecule has 0 atom stereocenters. The molecule has 0 unspecified atom stereocenters. The predicted molar refractivity (Wildman–Crippen MR) is 112 cm³/mol. The summed E-state index contributed by atoms with van der Waals surface area (Å²) < 4.78 is 0. The number of hydrogen-bond acceptors (Lipinski definition) is 3. The van der Waals surface area contributed by atoms with Gasteiger partial charge in [0.25, 0.3) is 5.91 Å². The van der Waals surface area contributed by atoms with Gasteiger partial charge in [0.2, 0.25) is 11.8 Å². The van der Waals surface area contributed by atoms with Gasteiger partial charge in [-0.3, -0.25) is 14.4 Å². The molecule has 2 aliphatic heterocycles. The van der Waals surface area contributed by atoms with Gasteiger partial charge in [-0.15, -0.1) is 0 Å². The topological polar surface area (TPSA) is 69.7 Å². The normalized spacial score (nSPS) is 17.6. The molecule has 29 heavy (non-hydrogen) atoms. The number of nitrogens with zero attached hydrogens (tertiary/aromatic N) is 2. The molecule has 2 heterocycles. The molecule has 0 spiro atoms. The number of nitrogens with one attached hydrogen (secondary N) is 1. The van der Waals surface area contributed by atoms with Gasteiger partial charge in [-0.2, -0.15) is 0 Å². The van der Waals surface area contributed by atoms with Crippen molar-refractivity contribution in [1.29, 1.82) is 0 Å². The van der Waals surface area contributed by atoms with Gasteiger partial charge in [0.05, 0.1) is 0 Å². The molecule has 1 N–H and O–H groups in total. The van der Waals surface area contributed by atoms with Gasteiger partial charge in [0.15, 0.2) is 0 Å². The Kier molecular flexibility index (Phi) is 7.67. The van der Waals surface area contributed by atoms with E-state index in [9.17, 15) is 14.4 Å². The first-order valence-corrected chi connectivity index (χ1v) is 10.9. The fraction of sp³-hybridized carbons (Fsp3) is 0.609. The Balaban J connectivity index is 1.28. The van der Waals surface area contributed by atoms with Gasteiger partial charge in [-0.05, 0) is 57.1 Å². The summed E-state index contributed by atoms with van der Waals surface area (Å²) in [5.74, 6) is 0.946. The molecule has 3 rings (SSSR count). The fourth-order valence-corrected chi connectivity index (χ4v) is 4.17. The molecule has 3 amide bonds. The average molecular weight is 400 g/mol. The molecule has 6 heteroatoms. The molecule has 0 aliphatic carbocycles. The Morgan fingerprint density at radius 1 is 1.10 bits per heavy atom. The van der Waals surface area contributed by atoms with E-state index in [-0.39, 0.29) is 17.7 Å². The third-order valence-electron chi connectivity index (χ3n) is 6.08. The highest BCUT2D eigenvalue weighted by atomic mass is 16.2. The van der Waals surface area contributed by atoms with Gasteiger partial charge in [-0.25, -0.2) is 0 Å². The number of likely N-dealkylation sites (tertiary alicyclic amines) is 2. The predicted octanol–water partition coefficient (Wildman–Crippen LogP) is 2.76. The molecule has 0 saturated carbocycles. The van der Waals surface area contributed by atoms with E-state index < -0.39 is 0 Å². The molecule has 1 aromatic carbocycles. The van der Waals surface area contributed by atoms with Crippen molar-refractivity contribution in [2.75, 3.05) is 32.7 Å². The molecule has 0 radical (unpaired) electrons. The largest absolute Gasteiger partial charge is 0.356 e. The summed E-state index contributed by atoms with van der Waals surface area (Å²) in [6.45, 7) is 5.78. The lowest BCUT2D eigenvalue weighted by Gasteiger charge is -2.32. The zero-order valence-electron chi connectivity index (χ0n) is 17.5. The van der Waals surface area contributed by atoms with E-state index in [4.69, 9.17) is 0 Å². The summed E-state index contributed by atoms with van der Waals surface area (Å²) in [5.41, 5.74) is 1.91. The molecule has 2 aliphatic rings. The summed E-state index contributed by atoms with van der Waals surface area (Å²) in [6, 6.07) is 7.74. The van der Waals surface area contributed by atoms with Crippen molar-refractivity contribution >= 4 is 17.7 Å². The second kappa shape index (κ2) is 10.4. The standard InChI is InChI=1S/C23H33N3O3/c1-18-5-8-20(9-6-18)23(29)26-16-11-19(12-17-26)7-10-21(27)24-13-3-15-25-14-2-4-22(25)28/h5-6,8-9,19H,2-4,7,10-17H2,1H3,(H,24,27). The minimum atomic E-state index is 0.0934. The highest BCUT2D eigenvalue weighted by Crippen LogP contribution is 2.23. The van der Waals surface area contributed by atoms with Crippen LogP contribution in [-0.4, -0.2) is 60.2 Å². The number of piperidine rings is 1. The maximum Gasteiger partial charge on any atom is 0.253 e. The summed E-state index contributed by atoms with van der Waals surface area (Å²) >= 11 is 0. The third-order valence-corrected chi connectivity index (χ3v) is 6.08. The Morgan fingerprint density at radius 3 is 2.48 bits per heavy atom. The van der Waals surface area contributed by atoms with Crippen LogP contribution in [-0.2, 0) is 9.59 Å². The van der Waals surface area contributed by atoms with E-state index >= 15 is 0 Å². The number of hydrogen-bond donors (Lipinski definition) is 1. The number of amides is 3. The average Bonchev–Trinajstić information content (AvgIpc) is 3.15. The van der Waals surface area contributed by atoms with Crippen molar-refractivity contribution in [1.82, 2.24) is 15.1 Å². The second-order valence-electron chi connectivity index (χ2n) is 8.33. The van der Waals surface area contributed by atoms with Crippen LogP contribution in [0.5, 0.6) is 0 Å². The lowest BCUT2D eigenvalue weighted by molar-refractivity contribution is -0.127. The maximum atomic E-state index is 12.6. The summed E-state index contributed by atoms with van der Waals surface area (Å²) in [5, 5.41) is 2.97. The summed E-state index contributed by atoms with van der Waals surface area (Å²) in [7, 11) is 0. The van der Waals surface area contributed by atoms with Gasteiger partial charge in [-0.1, -0.05) is 17.7 Å². The monoisotopic (exact) mass is 399 g/mol. The minimum Gasteiger partial charge on any atom is -0.356 e. The molecule has 158 valence electrons. The summed E-state index contributed by atoms with van der Waals surface area (Å²) in [6.07, 6.45) is 5.78. The van der Waals surface area contributed by atoms with E-state index in [1.807, 2.05) is 41.0 Å². The summed E-state index contributed by atoms with van der Waals surface area (Å²) in [4.78, 5) is 40.0. The molecular weight excluding hydrogens is 366 g/mol. The van der Waals surface area contributed by atoms with Crippen LogP contribution in [0, 0.1) is 12.8 Å². The van der Waals surface area contributed by atoms with E-state index in [1.165, 1.54) is 0 Å². The Labute approximate surface area is 173 Å². The van der Waals surface area contributed by atoms with E-state index in [0.29, 0.717) is 25.3 Å². The van der Waals surface area contributed by atoms with Gasteiger partial charge in [0.1, 0.15) is 0 Å². The first-order chi connectivity index (χ1) is 14.0. The van der Waals surface area contributed by atoms with Crippen molar-refractivity contribution in [2.45, 2.75) is 51.9 Å². The highest BCUT2D eigenvalue weighted by molar-refractivity contribution is 5.94. The molecule has 0 bridgehead atoms. The number of aryl methyl sites for hydroxylation is 1. The third kappa shape index (κ3) is 6.31. The quantitative estimate of drug-likeness (QED) is 0.684. The molecular formula is C23H33N3O3. The fourth-order valence-electron chi connectivity index (χ4n) is 4.17. The smallest absolute Gasteiger partial charge is 0.253 e. The molecule has 2 fully saturated rings. The van der Waals surface area contributed by atoms with Crippen LogP contribution in [0.2, 0.25) is 0 Å². The Bertz CT molecular complexity index is 709. The van der Waals surface area contributed by atoms with Gasteiger partial charge < -0.3 is 15.1 Å². The zero-order valence-corrected chi connectivity index (χ0v) is 17.5. The van der Waals surface area contributed by atoms with E-state index in [1.54, 1.807) is 0 Å². The van der Waals surface area contributed by atoms with Crippen LogP contribution in [0.1, 0.15) is 60.9 Å². The van der Waals surface area contributed by atoms with Crippen LogP contribution < -0.4 is 5.32 Å². The first-order valence-electron chi connectivity index (χ1n) is 10.9. The molecule has 2 saturated heterocycles. The van der Waals surface area contributed by atoms with Crippen molar-refractivity contribution in [3.63, 3.8) is 0 Å². The van der Waals surface area contributed by atoms with Crippen LogP contribution in [0.25, 0.3) is 0 Å². The van der Waals surface area contributed by atoms with E-state index in [2.05, 4.69) is 5.32 Å². The highest BCUT2D eigenvalue weighted by Gasteiger charge is 2.24.